The summed E-state index contributed by atoms with van der Waals surface area (Å²) in [5.41, 5.74) is 0.607. The number of hydrogen-bond donors (Lipinski definition) is 3. The van der Waals surface area contributed by atoms with Crippen LogP contribution < -0.4 is 10.9 Å². The topological polar surface area (TPSA) is 112 Å². The molecular formula is C20H16N2O5. The molecule has 1 aliphatic rings. The first-order valence-corrected chi connectivity index (χ1v) is 8.44. The van der Waals surface area contributed by atoms with Gasteiger partial charge in [0.2, 0.25) is 0 Å². The molecule has 0 spiro atoms. The molecule has 0 radical (unpaired) electrons. The summed E-state index contributed by atoms with van der Waals surface area (Å²) in [6.45, 7) is 0. The van der Waals surface area contributed by atoms with E-state index >= 15 is 0 Å². The summed E-state index contributed by atoms with van der Waals surface area (Å²) in [7, 11) is 0. The number of hydrogen-bond acceptors (Lipinski definition) is 5. The number of rotatable bonds is 3. The maximum absolute atomic E-state index is 12.5. The summed E-state index contributed by atoms with van der Waals surface area (Å²) in [5.74, 6) is -0.133. The molecule has 1 aromatic carbocycles. The van der Waals surface area contributed by atoms with E-state index in [4.69, 9.17) is 4.42 Å². The number of phenolic OH excluding ortho intramolecular Hbond substituents is 1. The Morgan fingerprint density at radius 2 is 1.93 bits per heavy atom. The quantitative estimate of drug-likeness (QED) is 0.619. The van der Waals surface area contributed by atoms with Crippen molar-refractivity contribution >= 4 is 17.4 Å². The molecule has 0 bridgehead atoms. The van der Waals surface area contributed by atoms with E-state index in [2.05, 4.69) is 10.3 Å². The highest BCUT2D eigenvalue weighted by Gasteiger charge is 2.30. The molecule has 3 N–H and O–H groups in total. The van der Waals surface area contributed by atoms with E-state index in [0.29, 0.717) is 29.1 Å². The molecule has 0 saturated carbocycles. The lowest BCUT2D eigenvalue weighted by molar-refractivity contribution is 0.0959. The lowest BCUT2D eigenvalue weighted by Gasteiger charge is -2.22. The Kier molecular flexibility index (Phi) is 4.12. The molecule has 1 aliphatic carbocycles. The number of aromatic hydroxyl groups is 1. The van der Waals surface area contributed by atoms with Gasteiger partial charge in [-0.25, -0.2) is 0 Å². The number of carbonyl (C=O) groups is 2. The molecule has 27 heavy (non-hydrogen) atoms. The monoisotopic (exact) mass is 364 g/mol. The highest BCUT2D eigenvalue weighted by Crippen LogP contribution is 2.31. The first kappa shape index (κ1) is 16.8. The highest BCUT2D eigenvalue weighted by molar-refractivity contribution is 6.06. The van der Waals surface area contributed by atoms with Crippen LogP contribution in [0.5, 0.6) is 5.75 Å². The van der Waals surface area contributed by atoms with Crippen molar-refractivity contribution in [3.8, 4) is 5.75 Å². The zero-order chi connectivity index (χ0) is 19.0. The van der Waals surface area contributed by atoms with Crippen molar-refractivity contribution < 1.29 is 19.1 Å². The summed E-state index contributed by atoms with van der Waals surface area (Å²) in [4.78, 5) is 40.1. The number of aromatic nitrogens is 1. The molecule has 7 heteroatoms. The highest BCUT2D eigenvalue weighted by atomic mass is 16.3. The fourth-order valence-electron chi connectivity index (χ4n) is 3.27. The van der Waals surface area contributed by atoms with Gasteiger partial charge in [0.25, 0.3) is 11.5 Å². The molecule has 2 aromatic heterocycles. The van der Waals surface area contributed by atoms with Gasteiger partial charge in [0.15, 0.2) is 5.78 Å². The summed E-state index contributed by atoms with van der Waals surface area (Å²) in [6.07, 6.45) is 2.27. The van der Waals surface area contributed by atoms with E-state index in [1.165, 1.54) is 30.3 Å². The van der Waals surface area contributed by atoms with Crippen LogP contribution in [-0.2, 0) is 6.42 Å². The number of phenols is 1. The van der Waals surface area contributed by atoms with Gasteiger partial charge in [0, 0.05) is 29.3 Å². The predicted octanol–water partition coefficient (Wildman–Crippen LogP) is 2.84. The second kappa shape index (κ2) is 6.60. The van der Waals surface area contributed by atoms with Crippen LogP contribution in [0.25, 0.3) is 0 Å². The van der Waals surface area contributed by atoms with Crippen LogP contribution in [0.4, 0.5) is 5.69 Å². The molecule has 0 aliphatic heterocycles. The third kappa shape index (κ3) is 3.27. The molecule has 0 saturated heterocycles. The molecule has 7 nitrogen and oxygen atoms in total. The number of carbonyl (C=O) groups excluding carboxylic acids is 2. The first-order chi connectivity index (χ1) is 13.0. The maximum atomic E-state index is 12.5. The number of ketones is 1. The van der Waals surface area contributed by atoms with Crippen LogP contribution in [-0.4, -0.2) is 21.8 Å². The predicted molar refractivity (Wildman–Crippen MR) is 97.2 cm³/mol. The largest absolute Gasteiger partial charge is 0.508 e. The number of pyridine rings is 1. The van der Waals surface area contributed by atoms with Crippen LogP contribution in [0.15, 0.2) is 57.9 Å². The molecule has 1 atom stereocenters. The van der Waals surface area contributed by atoms with Gasteiger partial charge < -0.3 is 19.8 Å². The number of fused-ring (bicyclic) bond motifs is 1. The number of anilines is 1. The van der Waals surface area contributed by atoms with Crippen molar-refractivity contribution in [3.63, 3.8) is 0 Å². The number of nitrogens with one attached hydrogen (secondary N) is 2. The van der Waals surface area contributed by atoms with Gasteiger partial charge in [0.05, 0.1) is 6.26 Å². The Labute approximate surface area is 153 Å². The van der Waals surface area contributed by atoms with Crippen LogP contribution in [0, 0.1) is 0 Å². The lowest BCUT2D eigenvalue weighted by Crippen LogP contribution is -2.29. The smallest absolute Gasteiger partial charge is 0.261 e. The fourth-order valence-corrected chi connectivity index (χ4v) is 3.27. The van der Waals surface area contributed by atoms with Crippen molar-refractivity contribution in [1.82, 2.24) is 4.98 Å². The van der Waals surface area contributed by atoms with E-state index < -0.39 is 11.5 Å². The van der Waals surface area contributed by atoms with Crippen LogP contribution in [0.1, 0.15) is 44.5 Å². The van der Waals surface area contributed by atoms with E-state index in [-0.39, 0.29) is 29.4 Å². The average Bonchev–Trinajstić information content (AvgIpc) is 3.17. The van der Waals surface area contributed by atoms with Gasteiger partial charge in [-0.15, -0.1) is 0 Å². The lowest BCUT2D eigenvalue weighted by atomic mass is 9.84. The van der Waals surface area contributed by atoms with Crippen molar-refractivity contribution in [2.24, 2.45) is 0 Å². The van der Waals surface area contributed by atoms with Crippen LogP contribution >= 0.6 is 0 Å². The molecule has 0 unspecified atom stereocenters. The molecule has 0 fully saturated rings. The Bertz CT molecular complexity index is 1060. The van der Waals surface area contributed by atoms with Gasteiger partial charge in [-0.3, -0.25) is 14.4 Å². The van der Waals surface area contributed by atoms with E-state index in [0.717, 1.165) is 0 Å². The summed E-state index contributed by atoms with van der Waals surface area (Å²) >= 11 is 0. The molecule has 3 aromatic rings. The van der Waals surface area contributed by atoms with E-state index in [1.807, 2.05) is 0 Å². The summed E-state index contributed by atoms with van der Waals surface area (Å²) in [6, 6.07) is 10.8. The van der Waals surface area contributed by atoms with Crippen molar-refractivity contribution in [2.75, 3.05) is 5.32 Å². The van der Waals surface area contributed by atoms with Crippen molar-refractivity contribution in [3.05, 3.63) is 81.7 Å². The number of H-pyrrole nitrogens is 1. The molecule has 136 valence electrons. The Balaban J connectivity index is 1.62. The number of Topliss-reactive ketones (excluding diaryl/α,β-unsaturated/α-hetero) is 1. The van der Waals surface area contributed by atoms with Gasteiger partial charge in [-0.1, -0.05) is 0 Å². The molecule has 2 heterocycles. The minimum absolute atomic E-state index is 0.0661. The van der Waals surface area contributed by atoms with Gasteiger partial charge in [0.1, 0.15) is 17.1 Å². The Morgan fingerprint density at radius 3 is 2.63 bits per heavy atom. The Morgan fingerprint density at radius 1 is 1.15 bits per heavy atom. The van der Waals surface area contributed by atoms with Crippen molar-refractivity contribution in [1.29, 1.82) is 0 Å². The zero-order valence-corrected chi connectivity index (χ0v) is 14.2. The average molecular weight is 364 g/mol. The number of aromatic amines is 1. The van der Waals surface area contributed by atoms with E-state index in [1.54, 1.807) is 18.4 Å². The standard InChI is InChI=1S/C20H16N2O5/c23-13-5-3-12(4-6-13)21-19(25)15-10-14-16(22-20(15)26)8-11(9-17(14)24)18-2-1-7-27-18/h1-7,10-11,23H,8-9H2,(H,21,25)(H,22,26)/t11-/m0/s1. The number of amides is 1. The van der Waals surface area contributed by atoms with E-state index in [9.17, 15) is 19.5 Å². The normalized spacial score (nSPS) is 16.0. The zero-order valence-electron chi connectivity index (χ0n) is 14.2. The SMILES string of the molecule is O=C1C[C@@H](c2ccco2)Cc2[nH]c(=O)c(C(=O)Nc3ccc(O)cc3)cc21. The maximum Gasteiger partial charge on any atom is 0.261 e. The second-order valence-electron chi connectivity index (χ2n) is 6.45. The number of furan rings is 1. The van der Waals surface area contributed by atoms with Gasteiger partial charge >= 0.3 is 0 Å². The minimum Gasteiger partial charge on any atom is -0.508 e. The summed E-state index contributed by atoms with van der Waals surface area (Å²) < 4.78 is 5.38. The third-order valence-electron chi connectivity index (χ3n) is 4.62. The van der Waals surface area contributed by atoms with Crippen LogP contribution in [0.3, 0.4) is 0 Å². The first-order valence-electron chi connectivity index (χ1n) is 8.44. The van der Waals surface area contributed by atoms with Crippen LogP contribution in [0.2, 0.25) is 0 Å². The third-order valence-corrected chi connectivity index (χ3v) is 4.62. The summed E-state index contributed by atoms with van der Waals surface area (Å²) in [5, 5.41) is 11.9. The Hall–Kier alpha value is -3.61. The number of benzene rings is 1. The van der Waals surface area contributed by atoms with Crippen molar-refractivity contribution in [2.45, 2.75) is 18.8 Å². The van der Waals surface area contributed by atoms with Gasteiger partial charge in [-0.05, 0) is 48.9 Å². The molecule has 1 amide bonds. The molecule has 4 rings (SSSR count). The second-order valence-corrected chi connectivity index (χ2v) is 6.45. The fraction of sp³-hybridized carbons (Fsp3) is 0.150. The molecular weight excluding hydrogens is 348 g/mol. The minimum atomic E-state index is -0.620. The van der Waals surface area contributed by atoms with Gasteiger partial charge in [-0.2, -0.15) is 0 Å².